The molecule has 0 saturated heterocycles. The van der Waals surface area contributed by atoms with Crippen molar-refractivity contribution < 1.29 is 0 Å². The van der Waals surface area contributed by atoms with Crippen molar-refractivity contribution in [3.05, 3.63) is 16.8 Å². The zero-order valence-corrected chi connectivity index (χ0v) is 13.1. The molecule has 4 nitrogen and oxygen atoms in total. The molecule has 0 amide bonds. The molecule has 0 spiro atoms. The van der Waals surface area contributed by atoms with Crippen LogP contribution in [-0.4, -0.2) is 41.0 Å². The van der Waals surface area contributed by atoms with E-state index in [1.807, 2.05) is 11.3 Å². The number of hydrogen-bond donors (Lipinski definition) is 1. The third kappa shape index (κ3) is 2.52. The lowest BCUT2D eigenvalue weighted by Crippen LogP contribution is -2.28. The Hall–Kier alpha value is -1.20. The normalized spacial score (nSPS) is 14.2. The van der Waals surface area contributed by atoms with Gasteiger partial charge in [-0.3, -0.25) is 0 Å². The van der Waals surface area contributed by atoms with Gasteiger partial charge in [-0.25, -0.2) is 9.97 Å². The van der Waals surface area contributed by atoms with Crippen LogP contribution < -0.4 is 5.32 Å². The Morgan fingerprint density at radius 2 is 2.10 bits per heavy atom. The van der Waals surface area contributed by atoms with Gasteiger partial charge in [0.2, 0.25) is 0 Å². The van der Waals surface area contributed by atoms with E-state index in [1.165, 1.54) is 35.1 Å². The molecule has 0 saturated carbocycles. The maximum absolute atomic E-state index is 4.47. The quantitative estimate of drug-likeness (QED) is 0.888. The summed E-state index contributed by atoms with van der Waals surface area (Å²) < 4.78 is 0. The van der Waals surface area contributed by atoms with Crippen molar-refractivity contribution in [1.29, 1.82) is 0 Å². The summed E-state index contributed by atoms with van der Waals surface area (Å²) in [5.74, 6) is 1.03. The average molecular weight is 290 g/mol. The standard InChI is InChI=1S/C15H22N4S/c1-3-19(4-2)9-8-16-14-13-11-6-5-7-12(11)20-15(13)18-10-17-14/h10H,3-9H2,1-2H3,(H,16,17,18). The molecule has 1 aliphatic carbocycles. The second-order valence-electron chi connectivity index (χ2n) is 5.21. The Morgan fingerprint density at radius 3 is 2.90 bits per heavy atom. The van der Waals surface area contributed by atoms with Crippen LogP contribution in [0.4, 0.5) is 5.82 Å². The minimum atomic E-state index is 0.943. The first kappa shape index (κ1) is 13.8. The summed E-state index contributed by atoms with van der Waals surface area (Å²) >= 11 is 1.85. The summed E-state index contributed by atoms with van der Waals surface area (Å²) in [5.41, 5.74) is 1.50. The topological polar surface area (TPSA) is 41.0 Å². The largest absolute Gasteiger partial charge is 0.368 e. The predicted molar refractivity (Wildman–Crippen MR) is 85.7 cm³/mol. The number of hydrogen-bond acceptors (Lipinski definition) is 5. The van der Waals surface area contributed by atoms with Gasteiger partial charge < -0.3 is 10.2 Å². The van der Waals surface area contributed by atoms with Gasteiger partial charge in [0.25, 0.3) is 0 Å². The van der Waals surface area contributed by atoms with E-state index < -0.39 is 0 Å². The second kappa shape index (κ2) is 6.06. The van der Waals surface area contributed by atoms with Crippen molar-refractivity contribution in [2.24, 2.45) is 0 Å². The second-order valence-corrected chi connectivity index (χ2v) is 6.30. The predicted octanol–water partition coefficient (Wildman–Crippen LogP) is 2.93. The van der Waals surface area contributed by atoms with E-state index in [4.69, 9.17) is 0 Å². The maximum atomic E-state index is 4.47. The first-order chi connectivity index (χ1) is 9.83. The molecular weight excluding hydrogens is 268 g/mol. The van der Waals surface area contributed by atoms with E-state index in [-0.39, 0.29) is 0 Å². The highest BCUT2D eigenvalue weighted by Crippen LogP contribution is 2.38. The highest BCUT2D eigenvalue weighted by atomic mass is 32.1. The minimum absolute atomic E-state index is 0.943. The molecule has 3 rings (SSSR count). The molecule has 0 bridgehead atoms. The van der Waals surface area contributed by atoms with Crippen LogP contribution in [-0.2, 0) is 12.8 Å². The summed E-state index contributed by atoms with van der Waals surface area (Å²) in [6.07, 6.45) is 5.38. The average Bonchev–Trinajstić information content (AvgIpc) is 3.04. The van der Waals surface area contributed by atoms with E-state index in [0.717, 1.165) is 36.8 Å². The Kier molecular flexibility index (Phi) is 4.17. The van der Waals surface area contributed by atoms with Crippen molar-refractivity contribution in [2.75, 3.05) is 31.5 Å². The van der Waals surface area contributed by atoms with Gasteiger partial charge in [0.15, 0.2) is 0 Å². The molecule has 0 unspecified atom stereocenters. The zero-order chi connectivity index (χ0) is 13.9. The zero-order valence-electron chi connectivity index (χ0n) is 12.3. The molecule has 0 aromatic carbocycles. The first-order valence-corrected chi connectivity index (χ1v) is 8.36. The summed E-state index contributed by atoms with van der Waals surface area (Å²) in [5, 5.41) is 4.80. The number of rotatable bonds is 6. The third-order valence-electron chi connectivity index (χ3n) is 4.12. The number of thiophene rings is 1. The SMILES string of the molecule is CCN(CC)CCNc1ncnc2sc3c(c12)CCC3. The monoisotopic (exact) mass is 290 g/mol. The van der Waals surface area contributed by atoms with Crippen molar-refractivity contribution in [3.63, 3.8) is 0 Å². The van der Waals surface area contributed by atoms with Gasteiger partial charge in [-0.1, -0.05) is 13.8 Å². The van der Waals surface area contributed by atoms with Gasteiger partial charge in [-0.05, 0) is 37.9 Å². The lowest BCUT2D eigenvalue weighted by atomic mass is 10.2. The molecule has 2 heterocycles. The number of nitrogens with one attached hydrogen (secondary N) is 1. The smallest absolute Gasteiger partial charge is 0.138 e. The van der Waals surface area contributed by atoms with Crippen molar-refractivity contribution in [1.82, 2.24) is 14.9 Å². The Bertz CT molecular complexity index is 589. The fourth-order valence-corrected chi connectivity index (χ4v) is 4.16. The highest BCUT2D eigenvalue weighted by Gasteiger charge is 2.20. The molecule has 108 valence electrons. The lowest BCUT2D eigenvalue weighted by Gasteiger charge is -2.18. The molecule has 0 aliphatic heterocycles. The summed E-state index contributed by atoms with van der Waals surface area (Å²) in [4.78, 5) is 14.0. The van der Waals surface area contributed by atoms with Crippen molar-refractivity contribution >= 4 is 27.4 Å². The van der Waals surface area contributed by atoms with Gasteiger partial charge in [0.1, 0.15) is 17.0 Å². The molecular formula is C15H22N4S. The van der Waals surface area contributed by atoms with E-state index in [1.54, 1.807) is 6.33 Å². The molecule has 2 aromatic rings. The number of anilines is 1. The Morgan fingerprint density at radius 1 is 1.25 bits per heavy atom. The van der Waals surface area contributed by atoms with Crippen LogP contribution in [0.25, 0.3) is 10.2 Å². The van der Waals surface area contributed by atoms with E-state index in [0.29, 0.717) is 0 Å². The van der Waals surface area contributed by atoms with Crippen LogP contribution in [0.2, 0.25) is 0 Å². The Balaban J connectivity index is 1.78. The highest BCUT2D eigenvalue weighted by molar-refractivity contribution is 7.19. The van der Waals surface area contributed by atoms with Gasteiger partial charge in [-0.15, -0.1) is 11.3 Å². The Labute approximate surface area is 124 Å². The number of likely N-dealkylation sites (N-methyl/N-ethyl adjacent to an activating group) is 1. The number of aryl methyl sites for hydroxylation is 2. The molecule has 20 heavy (non-hydrogen) atoms. The van der Waals surface area contributed by atoms with Gasteiger partial charge >= 0.3 is 0 Å². The van der Waals surface area contributed by atoms with Crippen LogP contribution in [0.15, 0.2) is 6.33 Å². The van der Waals surface area contributed by atoms with Gasteiger partial charge in [0, 0.05) is 18.0 Å². The molecule has 2 aromatic heterocycles. The fourth-order valence-electron chi connectivity index (χ4n) is 2.93. The number of aromatic nitrogens is 2. The molecule has 0 fully saturated rings. The number of fused-ring (bicyclic) bond motifs is 3. The summed E-state index contributed by atoms with van der Waals surface area (Å²) in [6.45, 7) is 8.62. The first-order valence-electron chi connectivity index (χ1n) is 7.55. The maximum Gasteiger partial charge on any atom is 0.138 e. The molecule has 1 N–H and O–H groups in total. The molecule has 5 heteroatoms. The third-order valence-corrected chi connectivity index (χ3v) is 5.32. The van der Waals surface area contributed by atoms with Crippen LogP contribution in [0.1, 0.15) is 30.7 Å². The van der Waals surface area contributed by atoms with Gasteiger partial charge in [0.05, 0.1) is 5.39 Å². The lowest BCUT2D eigenvalue weighted by molar-refractivity contribution is 0.316. The van der Waals surface area contributed by atoms with Crippen molar-refractivity contribution in [2.45, 2.75) is 33.1 Å². The molecule has 0 atom stereocenters. The minimum Gasteiger partial charge on any atom is -0.368 e. The fraction of sp³-hybridized carbons (Fsp3) is 0.600. The summed E-state index contributed by atoms with van der Waals surface area (Å²) in [7, 11) is 0. The van der Waals surface area contributed by atoms with E-state index in [2.05, 4.69) is 34.0 Å². The van der Waals surface area contributed by atoms with E-state index in [9.17, 15) is 0 Å². The van der Waals surface area contributed by atoms with Crippen LogP contribution in [0.3, 0.4) is 0 Å². The number of nitrogens with zero attached hydrogens (tertiary/aromatic N) is 3. The molecule has 0 radical (unpaired) electrons. The van der Waals surface area contributed by atoms with Crippen LogP contribution in [0.5, 0.6) is 0 Å². The molecule has 1 aliphatic rings. The summed E-state index contributed by atoms with van der Waals surface area (Å²) in [6, 6.07) is 0. The van der Waals surface area contributed by atoms with Gasteiger partial charge in [-0.2, -0.15) is 0 Å². The van der Waals surface area contributed by atoms with E-state index >= 15 is 0 Å². The van der Waals surface area contributed by atoms with Crippen LogP contribution in [0, 0.1) is 0 Å². The van der Waals surface area contributed by atoms with Crippen molar-refractivity contribution in [3.8, 4) is 0 Å². The van der Waals surface area contributed by atoms with Crippen LogP contribution >= 0.6 is 11.3 Å².